The first-order chi connectivity index (χ1) is 14.5. The lowest BCUT2D eigenvalue weighted by Crippen LogP contribution is -2.32. The molecular weight excluding hydrogens is 390 g/mol. The molecule has 0 atom stereocenters. The Morgan fingerprint density at radius 3 is 2.53 bits per heavy atom. The van der Waals surface area contributed by atoms with E-state index in [2.05, 4.69) is 15.1 Å². The lowest BCUT2D eigenvalue weighted by atomic mass is 10.2. The molecule has 0 aliphatic carbocycles. The average Bonchev–Trinajstić information content (AvgIpc) is 2.75. The molecule has 4 rings (SSSR count). The molecule has 10 heteroatoms. The zero-order valence-electron chi connectivity index (χ0n) is 15.3. The smallest absolute Gasteiger partial charge is 0.349 e. The largest absolute Gasteiger partial charge is 0.439 e. The maximum absolute atomic E-state index is 12.5. The second-order valence-corrected chi connectivity index (χ2v) is 6.12. The summed E-state index contributed by atoms with van der Waals surface area (Å²) in [7, 11) is 0. The fourth-order valence-electron chi connectivity index (χ4n) is 2.67. The number of H-pyrrole nitrogens is 1. The lowest BCUT2D eigenvalue weighted by molar-refractivity contribution is -0.385. The van der Waals surface area contributed by atoms with Gasteiger partial charge in [-0.05, 0) is 42.0 Å². The van der Waals surface area contributed by atoms with Crippen molar-refractivity contribution in [2.45, 2.75) is 0 Å². The second kappa shape index (κ2) is 7.80. The summed E-state index contributed by atoms with van der Waals surface area (Å²) in [5.41, 5.74) is -0.222. The maximum atomic E-state index is 12.5. The van der Waals surface area contributed by atoms with E-state index < -0.39 is 16.2 Å². The van der Waals surface area contributed by atoms with E-state index in [4.69, 9.17) is 4.74 Å². The molecule has 30 heavy (non-hydrogen) atoms. The van der Waals surface area contributed by atoms with E-state index >= 15 is 0 Å². The minimum Gasteiger partial charge on any atom is -0.439 e. The van der Waals surface area contributed by atoms with Gasteiger partial charge < -0.3 is 9.72 Å². The molecular formula is C20H13N5O5. The number of nitro groups is 1. The van der Waals surface area contributed by atoms with Crippen molar-refractivity contribution in [1.29, 1.82) is 0 Å². The van der Waals surface area contributed by atoms with E-state index in [1.165, 1.54) is 18.3 Å². The number of ether oxygens (including phenoxy) is 1. The predicted molar refractivity (Wildman–Crippen MR) is 109 cm³/mol. The molecule has 4 aromatic rings. The van der Waals surface area contributed by atoms with Crippen molar-refractivity contribution >= 4 is 22.8 Å². The van der Waals surface area contributed by atoms with Gasteiger partial charge in [0.25, 0.3) is 11.2 Å². The van der Waals surface area contributed by atoms with Crippen LogP contribution in [-0.4, -0.2) is 25.8 Å². The summed E-state index contributed by atoms with van der Waals surface area (Å²) in [6.45, 7) is 0. The highest BCUT2D eigenvalue weighted by Gasteiger charge is 2.07. The first-order valence-corrected chi connectivity index (χ1v) is 8.68. The molecule has 0 amide bonds. The Labute approximate surface area is 167 Å². The third-order valence-corrected chi connectivity index (χ3v) is 4.14. The van der Waals surface area contributed by atoms with Gasteiger partial charge in [0.2, 0.25) is 5.88 Å². The van der Waals surface area contributed by atoms with Crippen LogP contribution in [0.2, 0.25) is 0 Å². The van der Waals surface area contributed by atoms with Gasteiger partial charge in [-0.3, -0.25) is 14.9 Å². The topological polar surface area (TPSA) is 132 Å². The Morgan fingerprint density at radius 1 is 1.07 bits per heavy atom. The molecule has 0 fully saturated rings. The van der Waals surface area contributed by atoms with Crippen molar-refractivity contribution < 1.29 is 9.66 Å². The number of nitrogens with one attached hydrogen (secondary N) is 1. The molecule has 0 aliphatic rings. The Kier molecular flexibility index (Phi) is 4.87. The van der Waals surface area contributed by atoms with Crippen molar-refractivity contribution in [1.82, 2.24) is 14.6 Å². The normalized spacial score (nSPS) is 11.1. The van der Waals surface area contributed by atoms with Gasteiger partial charge >= 0.3 is 5.69 Å². The molecule has 10 nitrogen and oxygen atoms in total. The molecule has 2 heterocycles. The highest BCUT2D eigenvalue weighted by molar-refractivity contribution is 5.80. The zero-order chi connectivity index (χ0) is 21.1. The molecule has 0 saturated heterocycles. The van der Waals surface area contributed by atoms with Crippen LogP contribution in [0.3, 0.4) is 0 Å². The van der Waals surface area contributed by atoms with E-state index in [0.29, 0.717) is 22.2 Å². The third-order valence-electron chi connectivity index (χ3n) is 4.14. The highest BCUT2D eigenvalue weighted by atomic mass is 16.6. The summed E-state index contributed by atoms with van der Waals surface area (Å²) in [5.74, 6) is 0.658. The van der Waals surface area contributed by atoms with Gasteiger partial charge in [-0.15, -0.1) is 4.68 Å². The summed E-state index contributed by atoms with van der Waals surface area (Å²) < 4.78 is 6.29. The monoisotopic (exact) mass is 403 g/mol. The summed E-state index contributed by atoms with van der Waals surface area (Å²) in [6, 6.07) is 16.0. The molecule has 0 spiro atoms. The number of fused-ring (bicyclic) bond motifs is 1. The quantitative estimate of drug-likeness (QED) is 0.309. The van der Waals surface area contributed by atoms with Gasteiger partial charge in [0.1, 0.15) is 11.9 Å². The number of benzene rings is 2. The number of pyridine rings is 1. The molecule has 0 saturated carbocycles. The standard InChI is InChI=1S/C20H13N5O5/c26-19-16-3-1-2-4-17(16)23-20(27)24(19)22-11-13-5-8-15(9-6-13)30-18-10-7-14(12-21-18)25(28)29/h1-12H,(H,23,27). The third kappa shape index (κ3) is 3.83. The fraction of sp³-hybridized carbons (Fsp3) is 0. The van der Waals surface area contributed by atoms with Crippen LogP contribution in [0.5, 0.6) is 11.6 Å². The van der Waals surface area contributed by atoms with Crippen LogP contribution in [-0.2, 0) is 0 Å². The molecule has 0 bridgehead atoms. The fourth-order valence-corrected chi connectivity index (χ4v) is 2.67. The Balaban J connectivity index is 1.53. The van der Waals surface area contributed by atoms with E-state index in [1.54, 1.807) is 48.5 Å². The Bertz CT molecular complexity index is 1370. The first-order valence-electron chi connectivity index (χ1n) is 8.68. The van der Waals surface area contributed by atoms with E-state index in [0.717, 1.165) is 10.9 Å². The number of rotatable bonds is 5. The molecule has 1 N–H and O–H groups in total. The summed E-state index contributed by atoms with van der Waals surface area (Å²) >= 11 is 0. The molecule has 148 valence electrons. The molecule has 2 aromatic heterocycles. The highest BCUT2D eigenvalue weighted by Crippen LogP contribution is 2.21. The van der Waals surface area contributed by atoms with E-state index in [-0.39, 0.29) is 11.6 Å². The van der Waals surface area contributed by atoms with Gasteiger partial charge in [0.05, 0.1) is 22.0 Å². The minimum atomic E-state index is -0.640. The van der Waals surface area contributed by atoms with Crippen molar-refractivity contribution in [3.63, 3.8) is 0 Å². The second-order valence-electron chi connectivity index (χ2n) is 6.12. The van der Waals surface area contributed by atoms with Crippen LogP contribution in [0.1, 0.15) is 5.56 Å². The van der Waals surface area contributed by atoms with Crippen LogP contribution in [0.15, 0.2) is 81.6 Å². The predicted octanol–water partition coefficient (Wildman–Crippen LogP) is 2.67. The number of nitrogens with zero attached hydrogens (tertiary/aromatic N) is 4. The van der Waals surface area contributed by atoms with E-state index in [9.17, 15) is 19.7 Å². The minimum absolute atomic E-state index is 0.132. The summed E-state index contributed by atoms with van der Waals surface area (Å²) in [5, 5.41) is 15.0. The van der Waals surface area contributed by atoms with Crippen LogP contribution in [0.4, 0.5) is 5.69 Å². The number of aromatic nitrogens is 3. The Morgan fingerprint density at radius 2 is 1.83 bits per heavy atom. The van der Waals surface area contributed by atoms with Gasteiger partial charge in [-0.1, -0.05) is 12.1 Å². The van der Waals surface area contributed by atoms with Gasteiger partial charge in [-0.2, -0.15) is 5.10 Å². The van der Waals surface area contributed by atoms with Crippen LogP contribution in [0.25, 0.3) is 10.9 Å². The Hall–Kier alpha value is -4.60. The zero-order valence-corrected chi connectivity index (χ0v) is 15.3. The van der Waals surface area contributed by atoms with Crippen LogP contribution >= 0.6 is 0 Å². The molecule has 0 aliphatic heterocycles. The average molecular weight is 403 g/mol. The van der Waals surface area contributed by atoms with Gasteiger partial charge in [0, 0.05) is 12.1 Å². The SMILES string of the molecule is O=c1[nH]c2ccccc2c(=O)n1N=Cc1ccc(Oc2ccc([N+](=O)[O-])cn2)cc1. The lowest BCUT2D eigenvalue weighted by Gasteiger charge is -2.04. The summed E-state index contributed by atoms with van der Waals surface area (Å²) in [4.78, 5) is 41.2. The number of para-hydroxylation sites is 1. The number of hydrogen-bond donors (Lipinski definition) is 1. The molecule has 0 radical (unpaired) electrons. The summed E-state index contributed by atoms with van der Waals surface area (Å²) in [6.07, 6.45) is 2.48. The van der Waals surface area contributed by atoms with Crippen LogP contribution in [0, 0.1) is 10.1 Å². The van der Waals surface area contributed by atoms with Crippen molar-refractivity contribution in [3.05, 3.63) is 103 Å². The number of aromatic amines is 1. The van der Waals surface area contributed by atoms with Gasteiger partial charge in [0.15, 0.2) is 0 Å². The van der Waals surface area contributed by atoms with Crippen molar-refractivity contribution in [2.24, 2.45) is 5.10 Å². The van der Waals surface area contributed by atoms with Crippen LogP contribution < -0.4 is 16.0 Å². The first kappa shape index (κ1) is 18.7. The van der Waals surface area contributed by atoms with E-state index in [1.807, 2.05) is 0 Å². The maximum Gasteiger partial charge on any atom is 0.349 e. The molecule has 0 unspecified atom stereocenters. The molecule has 2 aromatic carbocycles. The van der Waals surface area contributed by atoms with Crippen molar-refractivity contribution in [2.75, 3.05) is 0 Å². The van der Waals surface area contributed by atoms with Crippen molar-refractivity contribution in [3.8, 4) is 11.6 Å². The van der Waals surface area contributed by atoms with Gasteiger partial charge in [-0.25, -0.2) is 9.78 Å². The number of hydrogen-bond acceptors (Lipinski definition) is 7.